The van der Waals surface area contributed by atoms with Crippen LogP contribution in [0.5, 0.6) is 0 Å². The smallest absolute Gasteiger partial charge is 0.337 e. The van der Waals surface area contributed by atoms with Crippen molar-refractivity contribution in [3.8, 4) is 0 Å². The van der Waals surface area contributed by atoms with Crippen molar-refractivity contribution in [2.75, 3.05) is 23.9 Å². The average molecular weight is 354 g/mol. The molecule has 1 N–H and O–H groups in total. The van der Waals surface area contributed by atoms with Gasteiger partial charge in [-0.3, -0.25) is 9.59 Å². The monoisotopic (exact) mass is 354 g/mol. The number of esters is 1. The van der Waals surface area contributed by atoms with Crippen molar-refractivity contribution in [2.45, 2.75) is 20.8 Å². The zero-order valence-corrected chi connectivity index (χ0v) is 15.3. The fraction of sp³-hybridized carbons (Fsp3) is 0.250. The molecule has 26 heavy (non-hydrogen) atoms. The predicted octanol–water partition coefficient (Wildman–Crippen LogP) is 3.08. The summed E-state index contributed by atoms with van der Waals surface area (Å²) in [6.07, 6.45) is 0. The largest absolute Gasteiger partial charge is 0.465 e. The average Bonchev–Trinajstić information content (AvgIpc) is 2.62. The maximum absolute atomic E-state index is 12.3. The van der Waals surface area contributed by atoms with Gasteiger partial charge in [0.1, 0.15) is 6.54 Å². The lowest BCUT2D eigenvalue weighted by molar-refractivity contribution is -0.120. The van der Waals surface area contributed by atoms with Crippen LogP contribution in [-0.4, -0.2) is 31.4 Å². The Balaban J connectivity index is 2.09. The van der Waals surface area contributed by atoms with Crippen molar-refractivity contribution in [1.29, 1.82) is 0 Å². The van der Waals surface area contributed by atoms with Gasteiger partial charge >= 0.3 is 5.97 Å². The van der Waals surface area contributed by atoms with E-state index < -0.39 is 5.97 Å². The summed E-state index contributed by atoms with van der Waals surface area (Å²) >= 11 is 0. The number of hydrogen-bond acceptors (Lipinski definition) is 4. The molecular formula is C20H22N2O4. The Labute approximate surface area is 152 Å². The topological polar surface area (TPSA) is 75.7 Å². The van der Waals surface area contributed by atoms with Crippen molar-refractivity contribution >= 4 is 29.2 Å². The maximum Gasteiger partial charge on any atom is 0.337 e. The second-order valence-corrected chi connectivity index (χ2v) is 5.99. The molecule has 0 aromatic heterocycles. The van der Waals surface area contributed by atoms with Gasteiger partial charge in [0.05, 0.1) is 12.7 Å². The second kappa shape index (κ2) is 8.29. The SMILES string of the molecule is COC(=O)c1ccc(NC(=O)CN(C(C)=O)c2ccc(C)c(C)c2)cc1. The molecule has 0 unspecified atom stereocenters. The Bertz CT molecular complexity index is 828. The summed E-state index contributed by atoms with van der Waals surface area (Å²) in [6, 6.07) is 12.0. The van der Waals surface area contributed by atoms with Crippen LogP contribution in [0.25, 0.3) is 0 Å². The molecule has 0 aliphatic carbocycles. The molecular weight excluding hydrogens is 332 g/mol. The number of ether oxygens (including phenoxy) is 1. The molecule has 0 fully saturated rings. The first kappa shape index (κ1) is 19.2. The van der Waals surface area contributed by atoms with Gasteiger partial charge in [0, 0.05) is 18.3 Å². The van der Waals surface area contributed by atoms with E-state index in [2.05, 4.69) is 10.1 Å². The minimum absolute atomic E-state index is 0.101. The fourth-order valence-electron chi connectivity index (χ4n) is 2.43. The third kappa shape index (κ3) is 4.69. The van der Waals surface area contributed by atoms with Crippen LogP contribution in [0.3, 0.4) is 0 Å². The molecule has 0 aliphatic rings. The number of amides is 2. The van der Waals surface area contributed by atoms with E-state index in [1.54, 1.807) is 24.3 Å². The minimum Gasteiger partial charge on any atom is -0.465 e. The molecule has 2 amide bonds. The van der Waals surface area contributed by atoms with E-state index >= 15 is 0 Å². The highest BCUT2D eigenvalue weighted by molar-refractivity contribution is 6.02. The van der Waals surface area contributed by atoms with E-state index in [9.17, 15) is 14.4 Å². The molecule has 0 saturated carbocycles. The first-order valence-electron chi connectivity index (χ1n) is 8.15. The lowest BCUT2D eigenvalue weighted by Gasteiger charge is -2.21. The van der Waals surface area contributed by atoms with Gasteiger partial charge in [0.25, 0.3) is 0 Å². The Morgan fingerprint density at radius 1 is 1.00 bits per heavy atom. The van der Waals surface area contributed by atoms with Crippen LogP contribution in [0, 0.1) is 13.8 Å². The highest BCUT2D eigenvalue weighted by Gasteiger charge is 2.16. The number of nitrogens with one attached hydrogen (secondary N) is 1. The summed E-state index contributed by atoms with van der Waals surface area (Å²) in [5, 5.41) is 2.72. The van der Waals surface area contributed by atoms with Gasteiger partial charge in [-0.15, -0.1) is 0 Å². The highest BCUT2D eigenvalue weighted by Crippen LogP contribution is 2.19. The molecule has 2 rings (SSSR count). The normalized spacial score (nSPS) is 10.2. The number of carbonyl (C=O) groups is 3. The van der Waals surface area contributed by atoms with E-state index in [0.717, 1.165) is 11.1 Å². The zero-order chi connectivity index (χ0) is 19.3. The summed E-state index contributed by atoms with van der Waals surface area (Å²) in [6.45, 7) is 5.27. The molecule has 0 heterocycles. The van der Waals surface area contributed by atoms with Crippen LogP contribution in [0.4, 0.5) is 11.4 Å². The van der Waals surface area contributed by atoms with Gasteiger partial charge in [0.15, 0.2) is 0 Å². The molecule has 136 valence electrons. The first-order valence-corrected chi connectivity index (χ1v) is 8.15. The van der Waals surface area contributed by atoms with Crippen LogP contribution >= 0.6 is 0 Å². The first-order chi connectivity index (χ1) is 12.3. The van der Waals surface area contributed by atoms with Crippen molar-refractivity contribution in [3.05, 3.63) is 59.2 Å². The fourth-order valence-corrected chi connectivity index (χ4v) is 2.43. The summed E-state index contributed by atoms with van der Waals surface area (Å²) in [7, 11) is 1.31. The number of hydrogen-bond donors (Lipinski definition) is 1. The number of methoxy groups -OCH3 is 1. The van der Waals surface area contributed by atoms with E-state index in [4.69, 9.17) is 0 Å². The highest BCUT2D eigenvalue weighted by atomic mass is 16.5. The quantitative estimate of drug-likeness (QED) is 0.837. The van der Waals surface area contributed by atoms with Crippen molar-refractivity contribution in [3.63, 3.8) is 0 Å². The molecule has 0 radical (unpaired) electrons. The van der Waals surface area contributed by atoms with Crippen molar-refractivity contribution in [1.82, 2.24) is 0 Å². The maximum atomic E-state index is 12.3. The van der Waals surface area contributed by atoms with Crippen LogP contribution in [0.1, 0.15) is 28.4 Å². The van der Waals surface area contributed by atoms with Gasteiger partial charge in [-0.2, -0.15) is 0 Å². The lowest BCUT2D eigenvalue weighted by Crippen LogP contribution is -2.36. The second-order valence-electron chi connectivity index (χ2n) is 5.99. The predicted molar refractivity (Wildman–Crippen MR) is 100 cm³/mol. The molecule has 0 bridgehead atoms. The van der Waals surface area contributed by atoms with Gasteiger partial charge in [-0.1, -0.05) is 6.07 Å². The van der Waals surface area contributed by atoms with Crippen molar-refractivity contribution < 1.29 is 19.1 Å². The summed E-state index contributed by atoms with van der Waals surface area (Å²) in [5.74, 6) is -0.992. The molecule has 6 nitrogen and oxygen atoms in total. The minimum atomic E-state index is -0.444. The number of anilines is 2. The Morgan fingerprint density at radius 3 is 2.19 bits per heavy atom. The molecule has 0 aliphatic heterocycles. The number of nitrogens with zero attached hydrogens (tertiary/aromatic N) is 1. The number of carbonyl (C=O) groups excluding carboxylic acids is 3. The van der Waals surface area contributed by atoms with E-state index in [1.165, 1.54) is 18.9 Å². The van der Waals surface area contributed by atoms with Crippen LogP contribution in [0.2, 0.25) is 0 Å². The Morgan fingerprint density at radius 2 is 1.65 bits per heavy atom. The third-order valence-electron chi connectivity index (χ3n) is 4.07. The van der Waals surface area contributed by atoms with Crippen LogP contribution < -0.4 is 10.2 Å². The number of benzene rings is 2. The van der Waals surface area contributed by atoms with Gasteiger partial charge < -0.3 is 15.0 Å². The molecule has 0 spiro atoms. The molecule has 0 atom stereocenters. The Hall–Kier alpha value is -3.15. The Kier molecular flexibility index (Phi) is 6.11. The van der Waals surface area contributed by atoms with Crippen LogP contribution in [-0.2, 0) is 14.3 Å². The van der Waals surface area contributed by atoms with Gasteiger partial charge in [0.2, 0.25) is 11.8 Å². The lowest BCUT2D eigenvalue weighted by atomic mass is 10.1. The molecule has 0 saturated heterocycles. The summed E-state index contributed by atoms with van der Waals surface area (Å²) in [5.41, 5.74) is 3.77. The third-order valence-corrected chi connectivity index (χ3v) is 4.07. The van der Waals surface area contributed by atoms with Crippen molar-refractivity contribution in [2.24, 2.45) is 0 Å². The standard InChI is InChI=1S/C20H22N2O4/c1-13-5-10-18(11-14(13)2)22(15(3)23)12-19(24)21-17-8-6-16(7-9-17)20(25)26-4/h5-11H,12H2,1-4H3,(H,21,24). The summed E-state index contributed by atoms with van der Waals surface area (Å²) < 4.78 is 4.63. The van der Waals surface area contributed by atoms with Crippen LogP contribution in [0.15, 0.2) is 42.5 Å². The molecule has 2 aromatic carbocycles. The number of aryl methyl sites for hydroxylation is 2. The van der Waals surface area contributed by atoms with E-state index in [-0.39, 0.29) is 18.4 Å². The van der Waals surface area contributed by atoms with Gasteiger partial charge in [-0.25, -0.2) is 4.79 Å². The number of rotatable bonds is 5. The summed E-state index contributed by atoms with van der Waals surface area (Å²) in [4.78, 5) is 37.1. The molecule has 6 heteroatoms. The molecule has 2 aromatic rings. The van der Waals surface area contributed by atoms with E-state index in [1.807, 2.05) is 32.0 Å². The van der Waals surface area contributed by atoms with E-state index in [0.29, 0.717) is 16.9 Å². The zero-order valence-electron chi connectivity index (χ0n) is 15.3. The van der Waals surface area contributed by atoms with Gasteiger partial charge in [-0.05, 0) is 61.4 Å².